The van der Waals surface area contributed by atoms with Crippen molar-refractivity contribution < 1.29 is 9.18 Å². The third kappa shape index (κ3) is 3.17. The van der Waals surface area contributed by atoms with Crippen LogP contribution in [0.15, 0.2) is 41.3 Å². The first-order valence-corrected chi connectivity index (χ1v) is 7.91. The van der Waals surface area contributed by atoms with Crippen LogP contribution in [-0.2, 0) is 11.3 Å². The average Bonchev–Trinajstić information content (AvgIpc) is 2.87. The van der Waals surface area contributed by atoms with E-state index in [9.17, 15) is 14.0 Å². The summed E-state index contributed by atoms with van der Waals surface area (Å²) in [5.41, 5.74) is 0.990. The number of carbonyl (C=O) groups is 1. The lowest BCUT2D eigenvalue weighted by atomic mass is 10.2. The molecule has 1 N–H and O–H groups in total. The maximum Gasteiger partial charge on any atom is 0.259 e. The molecule has 0 spiro atoms. The molecule has 0 aliphatic carbocycles. The van der Waals surface area contributed by atoms with Crippen molar-refractivity contribution in [3.63, 3.8) is 0 Å². The van der Waals surface area contributed by atoms with Gasteiger partial charge in [0.2, 0.25) is 5.91 Å². The summed E-state index contributed by atoms with van der Waals surface area (Å²) in [6, 6.07) is 7.82. The van der Waals surface area contributed by atoms with Gasteiger partial charge in [0.1, 0.15) is 12.4 Å². The monoisotopic (exact) mass is 330 g/mol. The third-order valence-corrected chi connectivity index (χ3v) is 4.57. The lowest BCUT2D eigenvalue weighted by molar-refractivity contribution is -0.116. The normalized spacial score (nSPS) is 10.9. The molecule has 2 aromatic heterocycles. The molecule has 0 atom stereocenters. The van der Waals surface area contributed by atoms with E-state index in [-0.39, 0.29) is 23.8 Å². The molecular formula is C17H15FN2O2S. The molecular weight excluding hydrogens is 315 g/mol. The van der Waals surface area contributed by atoms with E-state index in [4.69, 9.17) is 0 Å². The summed E-state index contributed by atoms with van der Waals surface area (Å²) in [4.78, 5) is 25.6. The summed E-state index contributed by atoms with van der Waals surface area (Å²) in [5, 5.41) is 3.33. The quantitative estimate of drug-likeness (QED) is 0.799. The van der Waals surface area contributed by atoms with Gasteiger partial charge in [-0.05, 0) is 49.7 Å². The number of pyridine rings is 1. The van der Waals surface area contributed by atoms with Crippen molar-refractivity contribution in [2.24, 2.45) is 0 Å². The second-order valence-corrected chi connectivity index (χ2v) is 6.68. The van der Waals surface area contributed by atoms with Crippen LogP contribution in [0, 0.1) is 19.7 Å². The number of aryl methyl sites for hydroxylation is 2. The lowest BCUT2D eigenvalue weighted by Gasteiger charge is -2.10. The van der Waals surface area contributed by atoms with E-state index in [1.165, 1.54) is 22.8 Å². The summed E-state index contributed by atoms with van der Waals surface area (Å²) in [6.07, 6.45) is 1.62. The minimum Gasteiger partial charge on any atom is -0.324 e. The maximum atomic E-state index is 13.1. The van der Waals surface area contributed by atoms with Crippen molar-refractivity contribution in [1.29, 1.82) is 0 Å². The predicted molar refractivity (Wildman–Crippen MR) is 90.6 cm³/mol. The fourth-order valence-corrected chi connectivity index (χ4v) is 3.35. The van der Waals surface area contributed by atoms with E-state index in [0.29, 0.717) is 16.6 Å². The largest absolute Gasteiger partial charge is 0.324 e. The Morgan fingerprint density at radius 3 is 2.78 bits per heavy atom. The molecule has 3 aromatic rings. The summed E-state index contributed by atoms with van der Waals surface area (Å²) in [7, 11) is 0. The molecule has 118 valence electrons. The summed E-state index contributed by atoms with van der Waals surface area (Å²) < 4.78 is 15.4. The van der Waals surface area contributed by atoms with Crippen molar-refractivity contribution in [3.05, 3.63) is 63.1 Å². The zero-order valence-corrected chi connectivity index (χ0v) is 13.5. The first-order valence-electron chi connectivity index (χ1n) is 7.09. The van der Waals surface area contributed by atoms with E-state index in [1.54, 1.807) is 24.5 Å². The zero-order valence-electron chi connectivity index (χ0n) is 12.7. The Balaban J connectivity index is 1.82. The van der Waals surface area contributed by atoms with Crippen LogP contribution in [0.25, 0.3) is 10.1 Å². The number of nitrogens with one attached hydrogen (secondary N) is 1. The summed E-state index contributed by atoms with van der Waals surface area (Å²) in [5.74, 6) is -0.678. The minimum atomic E-state index is -0.352. The smallest absolute Gasteiger partial charge is 0.259 e. The van der Waals surface area contributed by atoms with Gasteiger partial charge in [-0.15, -0.1) is 11.3 Å². The van der Waals surface area contributed by atoms with Crippen LogP contribution in [0.2, 0.25) is 0 Å². The lowest BCUT2D eigenvalue weighted by Crippen LogP contribution is -2.27. The highest BCUT2D eigenvalue weighted by atomic mass is 32.1. The number of hydrogen-bond acceptors (Lipinski definition) is 3. The number of carbonyl (C=O) groups excluding carboxylic acids is 1. The molecule has 0 bridgehead atoms. The van der Waals surface area contributed by atoms with E-state index in [1.807, 2.05) is 19.1 Å². The van der Waals surface area contributed by atoms with Crippen molar-refractivity contribution in [2.75, 3.05) is 5.32 Å². The Morgan fingerprint density at radius 2 is 2.04 bits per heavy atom. The van der Waals surface area contributed by atoms with Crippen LogP contribution in [0.1, 0.15) is 10.4 Å². The second kappa shape index (κ2) is 5.96. The molecule has 0 fully saturated rings. The second-order valence-electron chi connectivity index (χ2n) is 5.39. The van der Waals surface area contributed by atoms with E-state index in [0.717, 1.165) is 9.58 Å². The topological polar surface area (TPSA) is 51.1 Å². The SMILES string of the molecule is Cc1cc2c(=O)n(CC(=O)Nc3ccc(F)cc3C)ccc2s1. The molecule has 23 heavy (non-hydrogen) atoms. The van der Waals surface area contributed by atoms with Crippen LogP contribution >= 0.6 is 11.3 Å². The maximum absolute atomic E-state index is 13.1. The van der Waals surface area contributed by atoms with Gasteiger partial charge in [-0.3, -0.25) is 9.59 Å². The predicted octanol–water partition coefficient (Wildman–Crippen LogP) is 3.46. The molecule has 0 unspecified atom stereocenters. The molecule has 1 aromatic carbocycles. The Kier molecular flexibility index (Phi) is 4.00. The number of aromatic nitrogens is 1. The average molecular weight is 330 g/mol. The zero-order chi connectivity index (χ0) is 16.6. The number of fused-ring (bicyclic) bond motifs is 1. The molecule has 0 aliphatic rings. The number of rotatable bonds is 3. The van der Waals surface area contributed by atoms with Crippen LogP contribution in [-0.4, -0.2) is 10.5 Å². The number of benzene rings is 1. The Hall–Kier alpha value is -2.47. The van der Waals surface area contributed by atoms with Crippen molar-refractivity contribution >= 4 is 33.0 Å². The fourth-order valence-electron chi connectivity index (χ4n) is 2.44. The Morgan fingerprint density at radius 1 is 1.26 bits per heavy atom. The highest BCUT2D eigenvalue weighted by molar-refractivity contribution is 7.18. The molecule has 0 saturated carbocycles. The third-order valence-electron chi connectivity index (χ3n) is 3.56. The van der Waals surface area contributed by atoms with Gasteiger partial charge in [-0.2, -0.15) is 0 Å². The summed E-state index contributed by atoms with van der Waals surface area (Å²) >= 11 is 1.55. The van der Waals surface area contributed by atoms with Gasteiger partial charge < -0.3 is 9.88 Å². The van der Waals surface area contributed by atoms with Gasteiger partial charge in [-0.25, -0.2) is 4.39 Å². The van der Waals surface area contributed by atoms with Crippen LogP contribution in [0.3, 0.4) is 0 Å². The number of hydrogen-bond donors (Lipinski definition) is 1. The Labute approximate surface area is 136 Å². The molecule has 4 nitrogen and oxygen atoms in total. The first-order chi connectivity index (χ1) is 10.9. The van der Waals surface area contributed by atoms with Gasteiger partial charge in [0.05, 0.1) is 5.39 Å². The van der Waals surface area contributed by atoms with Gasteiger partial charge in [-0.1, -0.05) is 0 Å². The van der Waals surface area contributed by atoms with E-state index >= 15 is 0 Å². The first kappa shape index (κ1) is 15.4. The number of amides is 1. The molecule has 1 amide bonds. The molecule has 0 radical (unpaired) electrons. The number of thiophene rings is 1. The van der Waals surface area contributed by atoms with Crippen molar-refractivity contribution in [3.8, 4) is 0 Å². The van der Waals surface area contributed by atoms with E-state index < -0.39 is 0 Å². The highest BCUT2D eigenvalue weighted by Gasteiger charge is 2.10. The molecule has 0 aliphatic heterocycles. The van der Waals surface area contributed by atoms with Crippen LogP contribution in [0.5, 0.6) is 0 Å². The highest BCUT2D eigenvalue weighted by Crippen LogP contribution is 2.21. The fraction of sp³-hybridized carbons (Fsp3) is 0.176. The molecule has 0 saturated heterocycles. The van der Waals surface area contributed by atoms with Crippen molar-refractivity contribution in [1.82, 2.24) is 4.57 Å². The standard InChI is InChI=1S/C17H15FN2O2S/c1-10-7-12(18)3-4-14(10)19-16(21)9-20-6-5-15-13(17(20)22)8-11(2)23-15/h3-8H,9H2,1-2H3,(H,19,21). The minimum absolute atomic E-state index is 0.0829. The number of anilines is 1. The molecule has 6 heteroatoms. The van der Waals surface area contributed by atoms with Gasteiger partial charge in [0, 0.05) is 21.5 Å². The van der Waals surface area contributed by atoms with Gasteiger partial charge >= 0.3 is 0 Å². The summed E-state index contributed by atoms with van der Waals surface area (Å²) in [6.45, 7) is 3.57. The van der Waals surface area contributed by atoms with Crippen LogP contribution in [0.4, 0.5) is 10.1 Å². The van der Waals surface area contributed by atoms with Crippen LogP contribution < -0.4 is 10.9 Å². The molecule has 3 rings (SSSR count). The van der Waals surface area contributed by atoms with E-state index in [2.05, 4.69) is 5.32 Å². The molecule has 2 heterocycles. The van der Waals surface area contributed by atoms with Gasteiger partial charge in [0.15, 0.2) is 0 Å². The number of halogens is 1. The van der Waals surface area contributed by atoms with Crippen molar-refractivity contribution in [2.45, 2.75) is 20.4 Å². The Bertz CT molecular complexity index is 959. The van der Waals surface area contributed by atoms with Gasteiger partial charge in [0.25, 0.3) is 5.56 Å². The number of nitrogens with zero attached hydrogens (tertiary/aromatic N) is 1.